The van der Waals surface area contributed by atoms with Gasteiger partial charge in [-0.2, -0.15) is 5.48 Å². The van der Waals surface area contributed by atoms with Gasteiger partial charge in [0.2, 0.25) is 0 Å². The topological polar surface area (TPSA) is 54.2 Å². The highest BCUT2D eigenvalue weighted by molar-refractivity contribution is 4.98. The monoisotopic (exact) mass is 170 g/mol. The van der Waals surface area contributed by atoms with Gasteiger partial charge in [-0.05, 0) is 18.8 Å². The second-order valence-corrected chi connectivity index (χ2v) is 4.05. The van der Waals surface area contributed by atoms with Crippen molar-refractivity contribution in [2.75, 3.05) is 0 Å². The molecule has 3 N–H and O–H groups in total. The van der Waals surface area contributed by atoms with Gasteiger partial charge in [-0.3, -0.25) is 5.32 Å². The van der Waals surface area contributed by atoms with Gasteiger partial charge in [-0.15, -0.1) is 0 Å². The fraction of sp³-hybridized carbons (Fsp3) is 1.00. The van der Waals surface area contributed by atoms with Crippen LogP contribution in [0.4, 0.5) is 0 Å². The minimum atomic E-state index is 0.188. The zero-order chi connectivity index (χ0) is 8.39. The van der Waals surface area contributed by atoms with Gasteiger partial charge in [0, 0.05) is 6.04 Å². The van der Waals surface area contributed by atoms with Crippen molar-refractivity contribution in [3.63, 3.8) is 0 Å². The second kappa shape index (κ2) is 3.73. The summed E-state index contributed by atoms with van der Waals surface area (Å²) in [7, 11) is 0. The molecular weight excluding hydrogens is 152 g/mol. The lowest BCUT2D eigenvalue weighted by Gasteiger charge is -2.10. The van der Waals surface area contributed by atoms with Crippen LogP contribution in [0.1, 0.15) is 38.5 Å². The summed E-state index contributed by atoms with van der Waals surface area (Å²) in [5.74, 6) is 0.803. The lowest BCUT2D eigenvalue weighted by atomic mass is 9.96. The molecule has 0 aromatic heterocycles. The maximum absolute atomic E-state index is 8.66. The molecule has 2 unspecified atom stereocenters. The zero-order valence-corrected chi connectivity index (χ0v) is 7.42. The molecule has 1 aliphatic carbocycles. The van der Waals surface area contributed by atoms with Crippen LogP contribution in [0.5, 0.6) is 0 Å². The summed E-state index contributed by atoms with van der Waals surface area (Å²) in [4.78, 5) is 0. The maximum Gasteiger partial charge on any atom is 0.0971 e. The molecule has 1 saturated carbocycles. The molecule has 1 aliphatic heterocycles. The quantitative estimate of drug-likeness (QED) is 0.332. The van der Waals surface area contributed by atoms with Gasteiger partial charge in [0.25, 0.3) is 0 Å². The van der Waals surface area contributed by atoms with E-state index in [2.05, 4.69) is 10.8 Å². The van der Waals surface area contributed by atoms with E-state index in [1.54, 1.807) is 0 Å². The van der Waals surface area contributed by atoms with Crippen LogP contribution < -0.4 is 10.8 Å². The Bertz CT molecular complexity index is 143. The van der Waals surface area contributed by atoms with Gasteiger partial charge in [-0.1, -0.05) is 25.7 Å². The molecule has 1 saturated heterocycles. The molecule has 1 heterocycles. The molecule has 0 spiro atoms. The Morgan fingerprint density at radius 2 is 1.75 bits per heavy atom. The van der Waals surface area contributed by atoms with Crippen LogP contribution in [0.3, 0.4) is 0 Å². The minimum Gasteiger partial charge on any atom is -0.315 e. The lowest BCUT2D eigenvalue weighted by molar-refractivity contribution is 0.153. The van der Waals surface area contributed by atoms with Gasteiger partial charge in [0.1, 0.15) is 0 Å². The standard InChI is InChI=1S/C9H18N2O/c12-11-9-8(10-9)7-5-3-1-2-4-6-7/h7-12H,1-6H2. The summed E-state index contributed by atoms with van der Waals surface area (Å²) < 4.78 is 0. The van der Waals surface area contributed by atoms with Crippen molar-refractivity contribution < 1.29 is 5.21 Å². The van der Waals surface area contributed by atoms with Gasteiger partial charge in [0.05, 0.1) is 6.17 Å². The van der Waals surface area contributed by atoms with Gasteiger partial charge in [0.15, 0.2) is 0 Å². The summed E-state index contributed by atoms with van der Waals surface area (Å²) in [6.07, 6.45) is 8.43. The summed E-state index contributed by atoms with van der Waals surface area (Å²) >= 11 is 0. The normalized spacial score (nSPS) is 37.8. The first-order chi connectivity index (χ1) is 5.92. The molecule has 12 heavy (non-hydrogen) atoms. The largest absolute Gasteiger partial charge is 0.315 e. The van der Waals surface area contributed by atoms with Crippen LogP contribution >= 0.6 is 0 Å². The zero-order valence-electron chi connectivity index (χ0n) is 7.42. The second-order valence-electron chi connectivity index (χ2n) is 4.05. The first kappa shape index (κ1) is 8.48. The number of hydroxylamine groups is 1. The predicted molar refractivity (Wildman–Crippen MR) is 46.8 cm³/mol. The van der Waals surface area contributed by atoms with Crippen molar-refractivity contribution in [1.82, 2.24) is 10.8 Å². The fourth-order valence-corrected chi connectivity index (χ4v) is 2.35. The van der Waals surface area contributed by atoms with E-state index in [-0.39, 0.29) is 6.17 Å². The first-order valence-corrected chi connectivity index (χ1v) is 5.07. The Morgan fingerprint density at radius 1 is 1.08 bits per heavy atom. The highest BCUT2D eigenvalue weighted by Gasteiger charge is 2.41. The Morgan fingerprint density at radius 3 is 2.25 bits per heavy atom. The molecule has 0 bridgehead atoms. The van der Waals surface area contributed by atoms with E-state index in [0.29, 0.717) is 6.04 Å². The maximum atomic E-state index is 8.66. The molecule has 70 valence electrons. The van der Waals surface area contributed by atoms with Crippen molar-refractivity contribution in [2.24, 2.45) is 5.92 Å². The van der Waals surface area contributed by atoms with Crippen LogP contribution in [-0.4, -0.2) is 17.4 Å². The number of rotatable bonds is 2. The van der Waals surface area contributed by atoms with Crippen LogP contribution in [0.15, 0.2) is 0 Å². The third kappa shape index (κ3) is 1.79. The SMILES string of the molecule is ONC1NC1C1CCCCCC1. The Balaban J connectivity index is 1.79. The third-order valence-corrected chi connectivity index (χ3v) is 3.17. The molecule has 3 nitrogen and oxygen atoms in total. The average Bonchev–Trinajstić information content (AvgIpc) is 2.89. The lowest BCUT2D eigenvalue weighted by Crippen LogP contribution is -2.19. The Hall–Kier alpha value is -0.120. The molecule has 2 rings (SSSR count). The molecule has 0 radical (unpaired) electrons. The number of hydrogen-bond donors (Lipinski definition) is 3. The minimum absolute atomic E-state index is 0.188. The van der Waals surface area contributed by atoms with Crippen molar-refractivity contribution in [2.45, 2.75) is 50.7 Å². The molecule has 2 aliphatic rings. The Labute approximate surface area is 73.5 Å². The molecule has 2 atom stereocenters. The van der Waals surface area contributed by atoms with Crippen molar-refractivity contribution >= 4 is 0 Å². The van der Waals surface area contributed by atoms with Crippen LogP contribution in [-0.2, 0) is 0 Å². The van der Waals surface area contributed by atoms with Crippen LogP contribution in [0.2, 0.25) is 0 Å². The summed E-state index contributed by atoms with van der Waals surface area (Å²) in [5, 5.41) is 11.9. The highest BCUT2D eigenvalue weighted by atomic mass is 16.5. The van der Waals surface area contributed by atoms with E-state index in [0.717, 1.165) is 5.92 Å². The third-order valence-electron chi connectivity index (χ3n) is 3.17. The molecule has 2 fully saturated rings. The highest BCUT2D eigenvalue weighted by Crippen LogP contribution is 2.31. The number of nitrogens with one attached hydrogen (secondary N) is 2. The molecule has 3 heteroatoms. The van der Waals surface area contributed by atoms with Gasteiger partial charge >= 0.3 is 0 Å². The van der Waals surface area contributed by atoms with Crippen molar-refractivity contribution in [3.05, 3.63) is 0 Å². The summed E-state index contributed by atoms with van der Waals surface area (Å²) in [6.45, 7) is 0. The van der Waals surface area contributed by atoms with E-state index >= 15 is 0 Å². The summed E-state index contributed by atoms with van der Waals surface area (Å²) in [5.41, 5.74) is 2.30. The van der Waals surface area contributed by atoms with E-state index in [9.17, 15) is 0 Å². The van der Waals surface area contributed by atoms with Gasteiger partial charge < -0.3 is 5.21 Å². The van der Waals surface area contributed by atoms with Gasteiger partial charge in [-0.25, -0.2) is 0 Å². The molecular formula is C9H18N2O. The van der Waals surface area contributed by atoms with Crippen LogP contribution in [0, 0.1) is 5.92 Å². The van der Waals surface area contributed by atoms with E-state index < -0.39 is 0 Å². The fourth-order valence-electron chi connectivity index (χ4n) is 2.35. The van der Waals surface area contributed by atoms with E-state index in [1.165, 1.54) is 38.5 Å². The van der Waals surface area contributed by atoms with E-state index in [1.807, 2.05) is 0 Å². The van der Waals surface area contributed by atoms with Crippen molar-refractivity contribution in [3.8, 4) is 0 Å². The van der Waals surface area contributed by atoms with E-state index in [4.69, 9.17) is 5.21 Å². The van der Waals surface area contributed by atoms with Crippen LogP contribution in [0.25, 0.3) is 0 Å². The predicted octanol–water partition coefficient (Wildman–Crippen LogP) is 1.23. The molecule has 0 aromatic rings. The Kier molecular flexibility index (Phi) is 2.63. The van der Waals surface area contributed by atoms with Crippen molar-refractivity contribution in [1.29, 1.82) is 0 Å². The first-order valence-electron chi connectivity index (χ1n) is 5.07. The smallest absolute Gasteiger partial charge is 0.0971 e. The molecule has 0 amide bonds. The number of hydrogen-bond acceptors (Lipinski definition) is 3. The average molecular weight is 170 g/mol. The summed E-state index contributed by atoms with van der Waals surface area (Å²) in [6, 6.07) is 0.549. The molecule has 0 aromatic carbocycles.